The molecule has 0 bridgehead atoms. The van der Waals surface area contributed by atoms with Gasteiger partial charge in [-0.25, -0.2) is 4.98 Å². The zero-order valence-electron chi connectivity index (χ0n) is 19.9. The molecular formula is C28H27N3O4. The fraction of sp³-hybridized carbons (Fsp3) is 0.179. The van der Waals surface area contributed by atoms with E-state index < -0.39 is 0 Å². The Kier molecular flexibility index (Phi) is 7.26. The van der Waals surface area contributed by atoms with Crippen molar-refractivity contribution in [3.05, 3.63) is 83.9 Å². The van der Waals surface area contributed by atoms with E-state index in [1.807, 2.05) is 43.3 Å². The first-order chi connectivity index (χ1) is 17.0. The molecule has 4 rings (SSSR count). The maximum atomic E-state index is 13.4. The van der Waals surface area contributed by atoms with Crippen molar-refractivity contribution in [1.29, 1.82) is 0 Å². The maximum absolute atomic E-state index is 13.4. The molecule has 0 aliphatic carbocycles. The van der Waals surface area contributed by atoms with Crippen LogP contribution in [0.4, 0.5) is 5.69 Å². The largest absolute Gasteiger partial charge is 0.493 e. The highest BCUT2D eigenvalue weighted by Gasteiger charge is 2.16. The maximum Gasteiger partial charge on any atom is 0.256 e. The number of ether oxygens (including phenoxy) is 2. The van der Waals surface area contributed by atoms with Crippen molar-refractivity contribution in [3.8, 4) is 22.8 Å². The molecule has 2 amide bonds. The molecule has 0 saturated carbocycles. The molecule has 0 fully saturated rings. The average molecular weight is 470 g/mol. The van der Waals surface area contributed by atoms with E-state index >= 15 is 0 Å². The van der Waals surface area contributed by atoms with Crippen molar-refractivity contribution >= 4 is 28.4 Å². The predicted molar refractivity (Wildman–Crippen MR) is 137 cm³/mol. The van der Waals surface area contributed by atoms with Gasteiger partial charge in [-0.05, 0) is 55.0 Å². The number of amides is 2. The Morgan fingerprint density at radius 3 is 2.43 bits per heavy atom. The standard InChI is InChI=1S/C28H27N3O4/c1-4-14-29-27(32)19-8-7-9-20(15-19)30-28(33)22-17-24(31-23-11-6-5-10-21(22)23)18-12-13-25(34-2)26(16-18)35-3/h5-13,15-17H,4,14H2,1-3H3,(H,29,32)(H,30,33). The van der Waals surface area contributed by atoms with Crippen LogP contribution in [0.15, 0.2) is 72.8 Å². The number of aromatic nitrogens is 1. The Labute approximate surface area is 204 Å². The summed E-state index contributed by atoms with van der Waals surface area (Å²) in [5.41, 5.74) is 3.60. The topological polar surface area (TPSA) is 89.6 Å². The number of para-hydroxylation sites is 1. The normalized spacial score (nSPS) is 10.6. The van der Waals surface area contributed by atoms with Crippen molar-refractivity contribution in [3.63, 3.8) is 0 Å². The number of nitrogens with zero attached hydrogens (tertiary/aromatic N) is 1. The van der Waals surface area contributed by atoms with Gasteiger partial charge in [0.2, 0.25) is 0 Å². The van der Waals surface area contributed by atoms with Crippen LogP contribution in [0.25, 0.3) is 22.2 Å². The fourth-order valence-corrected chi connectivity index (χ4v) is 3.78. The Hall–Kier alpha value is -4.39. The molecular weight excluding hydrogens is 442 g/mol. The first kappa shape index (κ1) is 23.8. The molecule has 1 heterocycles. The van der Waals surface area contributed by atoms with Crippen molar-refractivity contribution in [2.24, 2.45) is 0 Å². The molecule has 0 atom stereocenters. The first-order valence-corrected chi connectivity index (χ1v) is 11.4. The molecule has 7 heteroatoms. The Morgan fingerprint density at radius 2 is 1.66 bits per heavy atom. The third-order valence-corrected chi connectivity index (χ3v) is 5.56. The van der Waals surface area contributed by atoms with E-state index in [0.717, 1.165) is 17.4 Å². The number of anilines is 1. The molecule has 0 saturated heterocycles. The highest BCUT2D eigenvalue weighted by molar-refractivity contribution is 6.13. The SMILES string of the molecule is CCCNC(=O)c1cccc(NC(=O)c2cc(-c3ccc(OC)c(OC)c3)nc3ccccc23)c1. The van der Waals surface area contributed by atoms with Crippen LogP contribution in [-0.4, -0.2) is 37.6 Å². The molecule has 178 valence electrons. The van der Waals surface area contributed by atoms with E-state index in [-0.39, 0.29) is 11.8 Å². The van der Waals surface area contributed by atoms with E-state index in [2.05, 4.69) is 10.6 Å². The molecule has 7 nitrogen and oxygen atoms in total. The zero-order valence-corrected chi connectivity index (χ0v) is 19.9. The summed E-state index contributed by atoms with van der Waals surface area (Å²) >= 11 is 0. The van der Waals surface area contributed by atoms with Crippen LogP contribution in [0.1, 0.15) is 34.1 Å². The second kappa shape index (κ2) is 10.7. The third-order valence-electron chi connectivity index (χ3n) is 5.56. The van der Waals surface area contributed by atoms with E-state index in [9.17, 15) is 9.59 Å². The summed E-state index contributed by atoms with van der Waals surface area (Å²) in [4.78, 5) is 30.5. The summed E-state index contributed by atoms with van der Waals surface area (Å²) in [6.45, 7) is 2.59. The van der Waals surface area contributed by atoms with Crippen LogP contribution in [0, 0.1) is 0 Å². The van der Waals surface area contributed by atoms with Crippen molar-refractivity contribution in [1.82, 2.24) is 10.3 Å². The van der Waals surface area contributed by atoms with Crippen LogP contribution in [0.5, 0.6) is 11.5 Å². The number of fused-ring (bicyclic) bond motifs is 1. The molecule has 0 unspecified atom stereocenters. The number of hydrogen-bond acceptors (Lipinski definition) is 5. The lowest BCUT2D eigenvalue weighted by atomic mass is 10.0. The van der Waals surface area contributed by atoms with Crippen LogP contribution >= 0.6 is 0 Å². The summed E-state index contributed by atoms with van der Waals surface area (Å²) in [7, 11) is 3.15. The van der Waals surface area contributed by atoms with Crippen molar-refractivity contribution in [2.75, 3.05) is 26.1 Å². The first-order valence-electron chi connectivity index (χ1n) is 11.4. The van der Waals surface area contributed by atoms with Gasteiger partial charge < -0.3 is 20.1 Å². The van der Waals surface area contributed by atoms with Crippen molar-refractivity contribution < 1.29 is 19.1 Å². The van der Waals surface area contributed by atoms with E-state index in [1.54, 1.807) is 50.6 Å². The van der Waals surface area contributed by atoms with Gasteiger partial charge in [-0.3, -0.25) is 9.59 Å². The van der Waals surface area contributed by atoms with Gasteiger partial charge >= 0.3 is 0 Å². The van der Waals surface area contributed by atoms with Crippen molar-refractivity contribution in [2.45, 2.75) is 13.3 Å². The molecule has 2 N–H and O–H groups in total. The van der Waals surface area contributed by atoms with Crippen LogP contribution in [0.2, 0.25) is 0 Å². The van der Waals surface area contributed by atoms with Crippen LogP contribution in [0.3, 0.4) is 0 Å². The zero-order chi connectivity index (χ0) is 24.8. The molecule has 0 spiro atoms. The van der Waals surface area contributed by atoms with Gasteiger partial charge in [-0.1, -0.05) is 31.2 Å². The van der Waals surface area contributed by atoms with E-state index in [1.165, 1.54) is 0 Å². The van der Waals surface area contributed by atoms with Crippen LogP contribution in [-0.2, 0) is 0 Å². The summed E-state index contributed by atoms with van der Waals surface area (Å²) in [5.74, 6) is 0.714. The summed E-state index contributed by atoms with van der Waals surface area (Å²) in [6.07, 6.45) is 0.847. The highest BCUT2D eigenvalue weighted by atomic mass is 16.5. The molecule has 0 aliphatic heterocycles. The Balaban J connectivity index is 1.70. The smallest absolute Gasteiger partial charge is 0.256 e. The number of pyridine rings is 1. The number of carbonyl (C=O) groups excluding carboxylic acids is 2. The van der Waals surface area contributed by atoms with Gasteiger partial charge in [0.05, 0.1) is 31.0 Å². The number of benzene rings is 3. The van der Waals surface area contributed by atoms with Gasteiger partial charge in [0.15, 0.2) is 11.5 Å². The lowest BCUT2D eigenvalue weighted by molar-refractivity contribution is 0.0952. The number of rotatable bonds is 8. The number of hydrogen-bond donors (Lipinski definition) is 2. The summed E-state index contributed by atoms with van der Waals surface area (Å²) in [5, 5.41) is 6.51. The Morgan fingerprint density at radius 1 is 0.857 bits per heavy atom. The average Bonchev–Trinajstić information content (AvgIpc) is 2.90. The number of nitrogens with one attached hydrogen (secondary N) is 2. The molecule has 3 aromatic carbocycles. The monoisotopic (exact) mass is 469 g/mol. The van der Waals surface area contributed by atoms with Gasteiger partial charge in [-0.15, -0.1) is 0 Å². The van der Waals surface area contributed by atoms with Crippen LogP contribution < -0.4 is 20.1 Å². The molecule has 0 aliphatic rings. The minimum Gasteiger partial charge on any atom is -0.493 e. The lowest BCUT2D eigenvalue weighted by Gasteiger charge is -2.13. The third kappa shape index (κ3) is 5.24. The second-order valence-electron chi connectivity index (χ2n) is 7.93. The molecule has 35 heavy (non-hydrogen) atoms. The van der Waals surface area contributed by atoms with Gasteiger partial charge in [0.1, 0.15) is 0 Å². The van der Waals surface area contributed by atoms with E-state index in [4.69, 9.17) is 14.5 Å². The fourth-order valence-electron chi connectivity index (χ4n) is 3.78. The molecule has 4 aromatic rings. The highest BCUT2D eigenvalue weighted by Crippen LogP contribution is 2.33. The quantitative estimate of drug-likeness (QED) is 0.365. The minimum absolute atomic E-state index is 0.173. The molecule has 1 aromatic heterocycles. The second-order valence-corrected chi connectivity index (χ2v) is 7.93. The van der Waals surface area contributed by atoms with Gasteiger partial charge in [0, 0.05) is 28.7 Å². The van der Waals surface area contributed by atoms with Gasteiger partial charge in [-0.2, -0.15) is 0 Å². The Bertz CT molecular complexity index is 1380. The minimum atomic E-state index is -0.295. The lowest BCUT2D eigenvalue weighted by Crippen LogP contribution is -2.24. The van der Waals surface area contributed by atoms with E-state index in [0.29, 0.717) is 46.1 Å². The number of carbonyl (C=O) groups is 2. The predicted octanol–water partition coefficient (Wildman–Crippen LogP) is 5.31. The van der Waals surface area contributed by atoms with Gasteiger partial charge in [0.25, 0.3) is 11.8 Å². The summed E-state index contributed by atoms with van der Waals surface area (Å²) < 4.78 is 10.8. The number of methoxy groups -OCH3 is 2. The summed E-state index contributed by atoms with van der Waals surface area (Å²) in [6, 6.07) is 21.6. The molecule has 0 radical (unpaired) electrons.